The molecule has 4 N–H and O–H groups in total. The van der Waals surface area contributed by atoms with Crippen LogP contribution in [0.5, 0.6) is 0 Å². The van der Waals surface area contributed by atoms with E-state index in [0.717, 1.165) is 22.9 Å². The summed E-state index contributed by atoms with van der Waals surface area (Å²) in [6.07, 6.45) is 2.86. The lowest BCUT2D eigenvalue weighted by Gasteiger charge is -2.16. The minimum absolute atomic E-state index is 0.115. The molecule has 0 saturated carbocycles. The molecule has 1 amide bonds. The third-order valence-corrected chi connectivity index (χ3v) is 5.71. The molecule has 1 aromatic carbocycles. The molecule has 164 valence electrons. The molecule has 9 heteroatoms. The zero-order valence-electron chi connectivity index (χ0n) is 17.3. The number of amides is 1. The molecule has 1 saturated heterocycles. The third kappa shape index (κ3) is 4.62. The second-order valence-electron chi connectivity index (χ2n) is 7.91. The summed E-state index contributed by atoms with van der Waals surface area (Å²) in [6, 6.07) is 8.03. The predicted molar refractivity (Wildman–Crippen MR) is 115 cm³/mol. The monoisotopic (exact) mass is 426 g/mol. The molecule has 1 aliphatic rings. The number of benzene rings is 1. The van der Waals surface area contributed by atoms with Gasteiger partial charge in [-0.2, -0.15) is 0 Å². The van der Waals surface area contributed by atoms with E-state index in [9.17, 15) is 19.5 Å². The Morgan fingerprint density at radius 1 is 1.32 bits per heavy atom. The van der Waals surface area contributed by atoms with Gasteiger partial charge in [-0.15, -0.1) is 0 Å². The molecule has 2 aromatic heterocycles. The smallest absolute Gasteiger partial charge is 0.330 e. The number of para-hydroxylation sites is 1. The SMILES string of the molecule is Cc1cn([C@H]2C[C@H](O)[C@@H](CCC(=O)NCCc3c[nH]c4ccccc34)O2)c(=O)[nH]c1=O. The number of aliphatic hydroxyl groups excluding tert-OH is 1. The number of nitrogens with zero attached hydrogens (tertiary/aromatic N) is 1. The number of aliphatic hydroxyl groups is 1. The van der Waals surface area contributed by atoms with Gasteiger partial charge in [-0.3, -0.25) is 19.1 Å². The van der Waals surface area contributed by atoms with Crippen LogP contribution in [0.2, 0.25) is 0 Å². The molecule has 1 fully saturated rings. The van der Waals surface area contributed by atoms with Crippen molar-refractivity contribution in [1.82, 2.24) is 19.9 Å². The molecule has 1 aliphatic heterocycles. The summed E-state index contributed by atoms with van der Waals surface area (Å²) in [5, 5.41) is 14.4. The molecule has 0 radical (unpaired) electrons. The van der Waals surface area contributed by atoms with Crippen molar-refractivity contribution in [2.45, 2.75) is 51.0 Å². The first-order valence-electron chi connectivity index (χ1n) is 10.4. The lowest BCUT2D eigenvalue weighted by molar-refractivity contribution is -0.122. The van der Waals surface area contributed by atoms with E-state index >= 15 is 0 Å². The number of hydrogen-bond acceptors (Lipinski definition) is 5. The molecule has 0 aliphatic carbocycles. The fraction of sp³-hybridized carbons (Fsp3) is 0.409. The first-order valence-corrected chi connectivity index (χ1v) is 10.4. The Morgan fingerprint density at radius 2 is 2.13 bits per heavy atom. The van der Waals surface area contributed by atoms with Gasteiger partial charge in [-0.05, 0) is 31.4 Å². The topological polar surface area (TPSA) is 129 Å². The molecule has 0 spiro atoms. The number of carbonyl (C=O) groups excluding carboxylic acids is 1. The van der Waals surface area contributed by atoms with E-state index in [-0.39, 0.29) is 18.7 Å². The van der Waals surface area contributed by atoms with Crippen LogP contribution >= 0.6 is 0 Å². The summed E-state index contributed by atoms with van der Waals surface area (Å²) in [5.74, 6) is -0.115. The van der Waals surface area contributed by atoms with Crippen LogP contribution in [0, 0.1) is 6.92 Å². The van der Waals surface area contributed by atoms with E-state index in [4.69, 9.17) is 4.74 Å². The summed E-state index contributed by atoms with van der Waals surface area (Å²) in [5.41, 5.74) is 1.58. The van der Waals surface area contributed by atoms with Crippen molar-refractivity contribution in [3.05, 3.63) is 68.6 Å². The lowest BCUT2D eigenvalue weighted by atomic mass is 10.1. The minimum Gasteiger partial charge on any atom is -0.390 e. The molecule has 31 heavy (non-hydrogen) atoms. The molecule has 3 heterocycles. The van der Waals surface area contributed by atoms with Crippen LogP contribution in [0.25, 0.3) is 10.9 Å². The first kappa shape index (κ1) is 21.1. The molecule has 0 unspecified atom stereocenters. The Hall–Kier alpha value is -3.17. The van der Waals surface area contributed by atoms with Gasteiger partial charge >= 0.3 is 5.69 Å². The van der Waals surface area contributed by atoms with E-state index in [2.05, 4.69) is 15.3 Å². The van der Waals surface area contributed by atoms with Crippen LogP contribution in [0.15, 0.2) is 46.2 Å². The lowest BCUT2D eigenvalue weighted by Crippen LogP contribution is -2.33. The van der Waals surface area contributed by atoms with Crippen LogP contribution < -0.4 is 16.6 Å². The normalized spacial score (nSPS) is 20.9. The number of hydrogen-bond donors (Lipinski definition) is 4. The molecular formula is C22H26N4O5. The molecule has 3 aromatic rings. The van der Waals surface area contributed by atoms with Crippen molar-refractivity contribution >= 4 is 16.8 Å². The number of aromatic nitrogens is 3. The summed E-state index contributed by atoms with van der Waals surface area (Å²) in [7, 11) is 0. The van der Waals surface area contributed by atoms with E-state index in [1.807, 2.05) is 30.5 Å². The number of H-pyrrole nitrogens is 2. The fourth-order valence-corrected chi connectivity index (χ4v) is 3.98. The predicted octanol–water partition coefficient (Wildman–Crippen LogP) is 1.11. The van der Waals surface area contributed by atoms with Crippen molar-refractivity contribution in [3.8, 4) is 0 Å². The van der Waals surface area contributed by atoms with Gasteiger partial charge in [0, 0.05) is 48.2 Å². The highest BCUT2D eigenvalue weighted by molar-refractivity contribution is 5.83. The van der Waals surface area contributed by atoms with Gasteiger partial charge < -0.3 is 20.1 Å². The van der Waals surface area contributed by atoms with Gasteiger partial charge in [-0.25, -0.2) is 4.79 Å². The van der Waals surface area contributed by atoms with E-state index in [1.165, 1.54) is 10.8 Å². The molecule has 0 bridgehead atoms. The summed E-state index contributed by atoms with van der Waals surface area (Å²) in [6.45, 7) is 2.11. The van der Waals surface area contributed by atoms with E-state index in [0.29, 0.717) is 18.5 Å². The number of ether oxygens (including phenoxy) is 1. The van der Waals surface area contributed by atoms with Crippen LogP contribution in [-0.4, -0.2) is 44.3 Å². The van der Waals surface area contributed by atoms with Gasteiger partial charge in [0.15, 0.2) is 0 Å². The Labute approximate surface area is 178 Å². The molecule has 3 atom stereocenters. The Morgan fingerprint density at radius 3 is 2.97 bits per heavy atom. The standard InChI is InChI=1S/C22H26N4O5/c1-13-12-26(22(30)25-21(13)29)20-10-17(27)18(31-20)6-7-19(28)23-9-8-14-11-24-16-5-3-2-4-15(14)16/h2-5,11-12,17-18,20,24,27H,6-10H2,1H3,(H,23,28)(H,25,29,30)/t17-,18+,20+/m0/s1. The van der Waals surface area contributed by atoms with E-state index in [1.54, 1.807) is 6.92 Å². The minimum atomic E-state index is -0.789. The second kappa shape index (κ2) is 8.91. The van der Waals surface area contributed by atoms with Crippen LogP contribution in [0.3, 0.4) is 0 Å². The maximum Gasteiger partial charge on any atom is 0.330 e. The van der Waals surface area contributed by atoms with E-state index < -0.39 is 29.7 Å². The van der Waals surface area contributed by atoms with Gasteiger partial charge in [0.2, 0.25) is 5.91 Å². The van der Waals surface area contributed by atoms with Gasteiger partial charge in [0.1, 0.15) is 6.23 Å². The zero-order chi connectivity index (χ0) is 22.0. The second-order valence-corrected chi connectivity index (χ2v) is 7.91. The van der Waals surface area contributed by atoms with Crippen molar-refractivity contribution in [1.29, 1.82) is 0 Å². The van der Waals surface area contributed by atoms with Crippen molar-refractivity contribution < 1.29 is 14.6 Å². The summed E-state index contributed by atoms with van der Waals surface area (Å²) < 4.78 is 7.08. The maximum absolute atomic E-state index is 12.2. The van der Waals surface area contributed by atoms with Crippen molar-refractivity contribution in [2.75, 3.05) is 6.54 Å². The molecule has 9 nitrogen and oxygen atoms in total. The van der Waals surface area contributed by atoms with Crippen molar-refractivity contribution in [3.63, 3.8) is 0 Å². The summed E-state index contributed by atoms with van der Waals surface area (Å²) in [4.78, 5) is 41.3. The Balaban J connectivity index is 1.26. The van der Waals surface area contributed by atoms with Crippen LogP contribution in [0.1, 0.15) is 36.6 Å². The van der Waals surface area contributed by atoms with Crippen LogP contribution in [-0.2, 0) is 16.0 Å². The Kier molecular flexibility index (Phi) is 6.06. The zero-order valence-corrected chi connectivity index (χ0v) is 17.3. The summed E-state index contributed by atoms with van der Waals surface area (Å²) >= 11 is 0. The van der Waals surface area contributed by atoms with Gasteiger partial charge in [0.25, 0.3) is 5.56 Å². The average molecular weight is 426 g/mol. The molecule has 4 rings (SSSR count). The third-order valence-electron chi connectivity index (χ3n) is 5.71. The van der Waals surface area contributed by atoms with Crippen LogP contribution in [0.4, 0.5) is 0 Å². The Bertz CT molecular complexity index is 1190. The van der Waals surface area contributed by atoms with Gasteiger partial charge in [0.05, 0.1) is 12.2 Å². The number of rotatable bonds is 7. The molecular weight excluding hydrogens is 400 g/mol. The number of fused-ring (bicyclic) bond motifs is 1. The fourth-order valence-electron chi connectivity index (χ4n) is 3.98. The number of carbonyl (C=O) groups is 1. The number of aryl methyl sites for hydroxylation is 1. The highest BCUT2D eigenvalue weighted by Crippen LogP contribution is 2.30. The average Bonchev–Trinajstić information content (AvgIpc) is 3.32. The number of aromatic amines is 2. The largest absolute Gasteiger partial charge is 0.390 e. The highest BCUT2D eigenvalue weighted by atomic mass is 16.5. The number of nitrogens with one attached hydrogen (secondary N) is 3. The quantitative estimate of drug-likeness (QED) is 0.450. The van der Waals surface area contributed by atoms with Crippen molar-refractivity contribution in [2.24, 2.45) is 0 Å². The highest BCUT2D eigenvalue weighted by Gasteiger charge is 2.35. The first-order chi connectivity index (χ1) is 14.9. The van der Waals surface area contributed by atoms with Gasteiger partial charge in [-0.1, -0.05) is 18.2 Å². The maximum atomic E-state index is 12.2.